The molecule has 1 aliphatic rings. The van der Waals surface area contributed by atoms with Crippen LogP contribution in [0.1, 0.15) is 50.7 Å². The van der Waals surface area contributed by atoms with Gasteiger partial charge in [0, 0.05) is 39.0 Å². The van der Waals surface area contributed by atoms with E-state index in [0.717, 1.165) is 50.2 Å². The predicted octanol–water partition coefficient (Wildman–Crippen LogP) is 7.95. The number of aromatic carboxylic acids is 1. The fourth-order valence-electron chi connectivity index (χ4n) is 4.90. The standard InChI is InChI=1S/C33H24ClN3O3S/c34-25-5-2-6-27(16-25)41-30-19-37(26-11-12-26)29-15-24(23-4-1-3-21(13-23)17-35)14-28(31(29)30)32(38)36-18-20-7-9-22(10-8-20)33(39)40/h1-10,13-16,19,26H,11-12,18H2,(H,36,38)(H,39,40). The summed E-state index contributed by atoms with van der Waals surface area (Å²) in [5.74, 6) is -1.23. The van der Waals surface area contributed by atoms with Crippen molar-refractivity contribution < 1.29 is 14.7 Å². The lowest BCUT2D eigenvalue weighted by Gasteiger charge is -2.12. The first-order valence-electron chi connectivity index (χ1n) is 13.1. The molecular weight excluding hydrogens is 554 g/mol. The van der Waals surface area contributed by atoms with Crippen molar-refractivity contribution in [2.24, 2.45) is 0 Å². The molecule has 5 aromatic rings. The van der Waals surface area contributed by atoms with Crippen LogP contribution in [0.2, 0.25) is 5.02 Å². The number of carboxylic acids is 1. The highest BCUT2D eigenvalue weighted by Crippen LogP contribution is 2.45. The Bertz CT molecular complexity index is 1850. The van der Waals surface area contributed by atoms with Crippen molar-refractivity contribution in [1.29, 1.82) is 5.26 Å². The van der Waals surface area contributed by atoms with E-state index >= 15 is 0 Å². The number of nitrogens with zero attached hydrogens (tertiary/aromatic N) is 2. The van der Waals surface area contributed by atoms with Gasteiger partial charge >= 0.3 is 5.97 Å². The van der Waals surface area contributed by atoms with E-state index < -0.39 is 5.97 Å². The van der Waals surface area contributed by atoms with Gasteiger partial charge in [-0.15, -0.1) is 0 Å². The van der Waals surface area contributed by atoms with Crippen LogP contribution in [0.5, 0.6) is 0 Å². The molecule has 0 spiro atoms. The van der Waals surface area contributed by atoms with Crippen LogP contribution in [-0.4, -0.2) is 21.6 Å². The van der Waals surface area contributed by atoms with E-state index in [-0.39, 0.29) is 18.0 Å². The Balaban J connectivity index is 1.45. The molecule has 0 radical (unpaired) electrons. The smallest absolute Gasteiger partial charge is 0.335 e. The number of carbonyl (C=O) groups excluding carboxylic acids is 1. The van der Waals surface area contributed by atoms with Crippen molar-refractivity contribution in [2.75, 3.05) is 0 Å². The fraction of sp³-hybridized carbons (Fsp3) is 0.121. The summed E-state index contributed by atoms with van der Waals surface area (Å²) in [4.78, 5) is 27.0. The topological polar surface area (TPSA) is 95.1 Å². The van der Waals surface area contributed by atoms with Crippen LogP contribution >= 0.6 is 23.4 Å². The predicted molar refractivity (Wildman–Crippen MR) is 161 cm³/mol. The van der Waals surface area contributed by atoms with Crippen LogP contribution in [0.25, 0.3) is 22.0 Å². The Hall–Kier alpha value is -4.51. The third kappa shape index (κ3) is 5.71. The summed E-state index contributed by atoms with van der Waals surface area (Å²) in [5, 5.41) is 23.2. The Morgan fingerprint density at radius 1 is 1.00 bits per heavy atom. The Morgan fingerprint density at radius 3 is 2.49 bits per heavy atom. The quantitative estimate of drug-likeness (QED) is 0.195. The molecule has 0 bridgehead atoms. The zero-order valence-electron chi connectivity index (χ0n) is 21.8. The van der Waals surface area contributed by atoms with Gasteiger partial charge in [-0.25, -0.2) is 4.79 Å². The summed E-state index contributed by atoms with van der Waals surface area (Å²) in [5.41, 5.74) is 4.74. The Morgan fingerprint density at radius 2 is 1.78 bits per heavy atom. The molecule has 0 atom stereocenters. The van der Waals surface area contributed by atoms with Gasteiger partial charge in [0.2, 0.25) is 0 Å². The minimum absolute atomic E-state index is 0.193. The maximum absolute atomic E-state index is 13.9. The van der Waals surface area contributed by atoms with E-state index in [0.29, 0.717) is 22.2 Å². The molecule has 41 heavy (non-hydrogen) atoms. The molecule has 0 aliphatic heterocycles. The number of benzene rings is 4. The SMILES string of the molecule is N#Cc1cccc(-c2cc(C(=O)NCc3ccc(C(=O)O)cc3)c3c(Sc4cccc(Cl)c4)cn(C4CC4)c3c2)c1. The number of nitrogens with one attached hydrogen (secondary N) is 1. The highest BCUT2D eigenvalue weighted by atomic mass is 35.5. The summed E-state index contributed by atoms with van der Waals surface area (Å²) in [6.07, 6.45) is 4.28. The van der Waals surface area contributed by atoms with Crippen LogP contribution in [0.15, 0.2) is 101 Å². The third-order valence-corrected chi connectivity index (χ3v) is 8.34. The van der Waals surface area contributed by atoms with E-state index in [2.05, 4.69) is 28.2 Å². The van der Waals surface area contributed by atoms with Crippen molar-refractivity contribution >= 4 is 46.1 Å². The molecule has 1 amide bonds. The van der Waals surface area contributed by atoms with E-state index in [9.17, 15) is 20.0 Å². The van der Waals surface area contributed by atoms with Gasteiger partial charge in [-0.05, 0) is 84.1 Å². The molecule has 8 heteroatoms. The molecule has 0 saturated heterocycles. The zero-order chi connectivity index (χ0) is 28.5. The monoisotopic (exact) mass is 577 g/mol. The number of aromatic nitrogens is 1. The molecule has 6 rings (SSSR count). The maximum Gasteiger partial charge on any atom is 0.335 e. The molecule has 1 saturated carbocycles. The summed E-state index contributed by atoms with van der Waals surface area (Å²) in [6.45, 7) is 0.245. The van der Waals surface area contributed by atoms with Gasteiger partial charge in [-0.1, -0.05) is 53.7 Å². The van der Waals surface area contributed by atoms with Crippen LogP contribution in [0, 0.1) is 11.3 Å². The van der Waals surface area contributed by atoms with E-state index in [1.54, 1.807) is 30.0 Å². The first-order valence-corrected chi connectivity index (χ1v) is 14.3. The van der Waals surface area contributed by atoms with Crippen molar-refractivity contribution in [3.8, 4) is 17.2 Å². The number of carbonyl (C=O) groups is 2. The van der Waals surface area contributed by atoms with Gasteiger partial charge in [0.25, 0.3) is 5.91 Å². The summed E-state index contributed by atoms with van der Waals surface area (Å²) in [7, 11) is 0. The molecule has 202 valence electrons. The highest BCUT2D eigenvalue weighted by molar-refractivity contribution is 7.99. The fourth-order valence-corrected chi connectivity index (χ4v) is 6.22. The number of amides is 1. The van der Waals surface area contributed by atoms with Crippen molar-refractivity contribution in [2.45, 2.75) is 35.2 Å². The first-order chi connectivity index (χ1) is 19.9. The highest BCUT2D eigenvalue weighted by Gasteiger charge is 2.28. The van der Waals surface area contributed by atoms with Crippen molar-refractivity contribution in [3.63, 3.8) is 0 Å². The number of hydrogen-bond donors (Lipinski definition) is 2. The second kappa shape index (κ2) is 11.2. The maximum atomic E-state index is 13.9. The van der Waals surface area contributed by atoms with Gasteiger partial charge in [-0.2, -0.15) is 5.26 Å². The van der Waals surface area contributed by atoms with Gasteiger partial charge in [0.05, 0.1) is 28.3 Å². The number of carboxylic acid groups (broad SMARTS) is 1. The summed E-state index contributed by atoms with van der Waals surface area (Å²) in [6, 6.07) is 28.1. The average molecular weight is 578 g/mol. The lowest BCUT2D eigenvalue weighted by Crippen LogP contribution is -2.23. The number of halogens is 1. The number of hydrogen-bond acceptors (Lipinski definition) is 4. The Kier molecular flexibility index (Phi) is 7.27. The van der Waals surface area contributed by atoms with Gasteiger partial charge < -0.3 is 15.0 Å². The molecule has 1 heterocycles. The summed E-state index contributed by atoms with van der Waals surface area (Å²) < 4.78 is 2.27. The van der Waals surface area contributed by atoms with Gasteiger partial charge in [0.1, 0.15) is 0 Å². The molecule has 1 fully saturated rings. The number of fused-ring (bicyclic) bond motifs is 1. The number of nitriles is 1. The Labute approximate surface area is 246 Å². The van der Waals surface area contributed by atoms with Gasteiger partial charge in [-0.3, -0.25) is 4.79 Å². The zero-order valence-corrected chi connectivity index (χ0v) is 23.4. The van der Waals surface area contributed by atoms with Gasteiger partial charge in [0.15, 0.2) is 0 Å². The lowest BCUT2D eigenvalue weighted by atomic mass is 9.98. The first kappa shape index (κ1) is 26.7. The minimum Gasteiger partial charge on any atom is -0.478 e. The van der Waals surface area contributed by atoms with Crippen LogP contribution < -0.4 is 5.32 Å². The van der Waals surface area contributed by atoms with E-state index in [1.807, 2.05) is 48.5 Å². The molecular formula is C33H24ClN3O3S. The normalized spacial score (nSPS) is 12.7. The molecule has 0 unspecified atom stereocenters. The summed E-state index contributed by atoms with van der Waals surface area (Å²) >= 11 is 7.85. The largest absolute Gasteiger partial charge is 0.478 e. The van der Waals surface area contributed by atoms with Crippen LogP contribution in [0.3, 0.4) is 0 Å². The average Bonchev–Trinajstić information content (AvgIpc) is 3.77. The molecule has 2 N–H and O–H groups in total. The van der Waals surface area contributed by atoms with Crippen LogP contribution in [0.4, 0.5) is 0 Å². The molecule has 1 aromatic heterocycles. The third-order valence-electron chi connectivity index (χ3n) is 7.09. The van der Waals surface area contributed by atoms with Crippen LogP contribution in [-0.2, 0) is 6.54 Å². The van der Waals surface area contributed by atoms with Crippen molar-refractivity contribution in [1.82, 2.24) is 9.88 Å². The second-order valence-electron chi connectivity index (χ2n) is 9.99. The van der Waals surface area contributed by atoms with E-state index in [4.69, 9.17) is 11.6 Å². The lowest BCUT2D eigenvalue weighted by molar-refractivity contribution is 0.0696. The number of rotatable bonds is 8. The van der Waals surface area contributed by atoms with Crippen molar-refractivity contribution in [3.05, 3.63) is 118 Å². The minimum atomic E-state index is -0.995. The second-order valence-corrected chi connectivity index (χ2v) is 11.5. The molecule has 4 aromatic carbocycles. The molecule has 1 aliphatic carbocycles. The van der Waals surface area contributed by atoms with E-state index in [1.165, 1.54) is 12.1 Å². The molecule has 6 nitrogen and oxygen atoms in total.